The summed E-state index contributed by atoms with van der Waals surface area (Å²) in [4.78, 5) is 20.8. The Morgan fingerprint density at radius 3 is 2.79 bits per heavy atom. The van der Waals surface area contributed by atoms with Crippen molar-refractivity contribution in [3.8, 4) is 5.75 Å². The number of benzene rings is 1. The molecule has 1 aliphatic heterocycles. The minimum absolute atomic E-state index is 0.0450. The van der Waals surface area contributed by atoms with Crippen molar-refractivity contribution in [3.63, 3.8) is 0 Å². The summed E-state index contributed by atoms with van der Waals surface area (Å²) in [7, 11) is 1.40. The van der Waals surface area contributed by atoms with Crippen LogP contribution >= 0.6 is 0 Å². The number of nitrogens with zero attached hydrogens (tertiary/aromatic N) is 4. The number of ether oxygens (including phenoxy) is 1. The highest BCUT2D eigenvalue weighted by Gasteiger charge is 2.17. The van der Waals surface area contributed by atoms with Crippen LogP contribution in [0.4, 0.5) is 16.0 Å². The Kier molecular flexibility index (Phi) is 7.29. The average Bonchev–Trinajstić information content (AvgIpc) is 3.33. The lowest BCUT2D eigenvalue weighted by atomic mass is 10.00. The maximum absolute atomic E-state index is 14.7. The van der Waals surface area contributed by atoms with Crippen LogP contribution in [-0.4, -0.2) is 45.7 Å². The van der Waals surface area contributed by atoms with Gasteiger partial charge in [0.2, 0.25) is 5.95 Å². The van der Waals surface area contributed by atoms with Gasteiger partial charge < -0.3 is 15.4 Å². The predicted molar refractivity (Wildman–Crippen MR) is 124 cm³/mol. The number of aryl methyl sites for hydroxylation is 2. The average molecular weight is 453 g/mol. The smallest absolute Gasteiger partial charge is 0.227 e. The molecular weight excluding hydrogens is 423 g/mol. The predicted octanol–water partition coefficient (Wildman–Crippen LogP) is 3.87. The van der Waals surface area contributed by atoms with Gasteiger partial charge in [0.15, 0.2) is 17.3 Å². The molecule has 9 heteroatoms. The van der Waals surface area contributed by atoms with Crippen LogP contribution in [0.25, 0.3) is 0 Å². The molecule has 1 aromatic carbocycles. The zero-order valence-electron chi connectivity index (χ0n) is 19.0. The summed E-state index contributed by atoms with van der Waals surface area (Å²) < 4.78 is 21.8. The highest BCUT2D eigenvalue weighted by Crippen LogP contribution is 2.25. The van der Waals surface area contributed by atoms with Gasteiger partial charge in [0.25, 0.3) is 0 Å². The van der Waals surface area contributed by atoms with Gasteiger partial charge >= 0.3 is 0 Å². The van der Waals surface area contributed by atoms with E-state index in [1.54, 1.807) is 31.6 Å². The van der Waals surface area contributed by atoms with E-state index in [1.807, 2.05) is 10.9 Å². The molecule has 0 spiro atoms. The highest BCUT2D eigenvalue weighted by molar-refractivity contribution is 5.96. The molecule has 0 radical (unpaired) electrons. The van der Waals surface area contributed by atoms with Crippen molar-refractivity contribution in [3.05, 3.63) is 59.4 Å². The van der Waals surface area contributed by atoms with E-state index in [4.69, 9.17) is 4.74 Å². The first-order chi connectivity index (χ1) is 16.1. The van der Waals surface area contributed by atoms with Crippen molar-refractivity contribution in [2.24, 2.45) is 0 Å². The standard InChI is InChI=1S/C24H29FN6O2/c1-3-21(32)18-9-17(23(25)22(10-18)33-2)7-6-16-11-27-24(28-12-16)30-19-13-29-31(15-19)20-5-4-8-26-14-20/h9-13,15,20,26H,3-8,14H2,1-2H3,(H,27,28,30)/t20-/m0/s1. The Labute approximate surface area is 192 Å². The van der Waals surface area contributed by atoms with Crippen LogP contribution in [0.15, 0.2) is 36.9 Å². The Morgan fingerprint density at radius 1 is 1.27 bits per heavy atom. The quantitative estimate of drug-likeness (QED) is 0.476. The number of aromatic nitrogens is 4. The largest absolute Gasteiger partial charge is 0.494 e. The zero-order valence-corrected chi connectivity index (χ0v) is 19.0. The third kappa shape index (κ3) is 5.54. The van der Waals surface area contributed by atoms with Crippen molar-refractivity contribution < 1.29 is 13.9 Å². The van der Waals surface area contributed by atoms with E-state index in [0.717, 1.165) is 37.2 Å². The van der Waals surface area contributed by atoms with Crippen LogP contribution in [0.5, 0.6) is 5.75 Å². The van der Waals surface area contributed by atoms with Crippen LogP contribution in [0, 0.1) is 5.82 Å². The second-order valence-electron chi connectivity index (χ2n) is 8.18. The number of ketones is 1. The number of anilines is 2. The van der Waals surface area contributed by atoms with Crippen molar-refractivity contribution in [2.75, 3.05) is 25.5 Å². The number of hydrogen-bond acceptors (Lipinski definition) is 7. The minimum Gasteiger partial charge on any atom is -0.494 e. The minimum atomic E-state index is -0.436. The van der Waals surface area contributed by atoms with Gasteiger partial charge in [0.1, 0.15) is 0 Å². The third-order valence-corrected chi connectivity index (χ3v) is 5.87. The van der Waals surface area contributed by atoms with Crippen molar-refractivity contribution in [1.82, 2.24) is 25.1 Å². The molecule has 0 amide bonds. The zero-order chi connectivity index (χ0) is 23.2. The van der Waals surface area contributed by atoms with E-state index in [9.17, 15) is 9.18 Å². The fourth-order valence-electron chi connectivity index (χ4n) is 3.97. The van der Waals surface area contributed by atoms with Gasteiger partial charge in [0, 0.05) is 37.1 Å². The normalized spacial score (nSPS) is 15.9. The second-order valence-corrected chi connectivity index (χ2v) is 8.18. The van der Waals surface area contributed by atoms with Crippen LogP contribution in [0.3, 0.4) is 0 Å². The summed E-state index contributed by atoms with van der Waals surface area (Å²) in [6.07, 6.45) is 10.7. The van der Waals surface area contributed by atoms with Crippen molar-refractivity contribution in [2.45, 2.75) is 45.1 Å². The van der Waals surface area contributed by atoms with Gasteiger partial charge in [-0.05, 0) is 55.5 Å². The Bertz CT molecular complexity index is 1090. The first-order valence-corrected chi connectivity index (χ1v) is 11.3. The summed E-state index contributed by atoms with van der Waals surface area (Å²) >= 11 is 0. The number of Topliss-reactive ketones (excluding diaryl/α,β-unsaturated/α-hetero) is 1. The van der Waals surface area contributed by atoms with E-state index in [1.165, 1.54) is 13.2 Å². The molecule has 8 nitrogen and oxygen atoms in total. The van der Waals surface area contributed by atoms with Crippen LogP contribution in [0.1, 0.15) is 53.7 Å². The molecule has 2 N–H and O–H groups in total. The number of hydrogen-bond donors (Lipinski definition) is 2. The lowest BCUT2D eigenvalue weighted by Gasteiger charge is -2.22. The third-order valence-electron chi connectivity index (χ3n) is 5.87. The van der Waals surface area contributed by atoms with Gasteiger partial charge in [-0.2, -0.15) is 5.10 Å². The lowest BCUT2D eigenvalue weighted by molar-refractivity contribution is 0.0987. The van der Waals surface area contributed by atoms with Crippen molar-refractivity contribution >= 4 is 17.4 Å². The van der Waals surface area contributed by atoms with Gasteiger partial charge in [-0.25, -0.2) is 14.4 Å². The number of carbonyl (C=O) groups excluding carboxylic acids is 1. The van der Waals surface area contributed by atoms with Crippen molar-refractivity contribution in [1.29, 1.82) is 0 Å². The van der Waals surface area contributed by atoms with E-state index in [0.29, 0.717) is 42.4 Å². The topological polar surface area (TPSA) is 94.0 Å². The monoisotopic (exact) mass is 452 g/mol. The van der Waals surface area contributed by atoms with Gasteiger partial charge in [-0.1, -0.05) is 6.92 Å². The number of rotatable bonds is 9. The van der Waals surface area contributed by atoms with Crippen LogP contribution in [-0.2, 0) is 12.8 Å². The summed E-state index contributed by atoms with van der Waals surface area (Å²) in [6, 6.07) is 3.43. The molecule has 0 bridgehead atoms. The number of piperidine rings is 1. The molecular formula is C24H29FN6O2. The Morgan fingerprint density at radius 2 is 2.09 bits per heavy atom. The van der Waals surface area contributed by atoms with E-state index >= 15 is 0 Å². The number of halogens is 1. The molecule has 2 aromatic heterocycles. The van der Waals surface area contributed by atoms with E-state index < -0.39 is 5.82 Å². The molecule has 0 saturated carbocycles. The molecule has 4 rings (SSSR count). The maximum Gasteiger partial charge on any atom is 0.227 e. The molecule has 3 heterocycles. The van der Waals surface area contributed by atoms with E-state index in [-0.39, 0.29) is 11.5 Å². The molecule has 1 saturated heterocycles. The molecule has 1 aliphatic rings. The Hall–Kier alpha value is -3.33. The first-order valence-electron chi connectivity index (χ1n) is 11.3. The SMILES string of the molecule is CCC(=O)c1cc(CCc2cnc(Nc3cnn([C@H]4CCCNC4)c3)nc2)c(F)c(OC)c1. The lowest BCUT2D eigenvalue weighted by Crippen LogP contribution is -2.31. The molecule has 0 unspecified atom stereocenters. The summed E-state index contributed by atoms with van der Waals surface area (Å²) in [6.45, 7) is 3.77. The number of carbonyl (C=O) groups is 1. The van der Waals surface area contributed by atoms with Crippen LogP contribution < -0.4 is 15.4 Å². The number of methoxy groups -OCH3 is 1. The second kappa shape index (κ2) is 10.5. The molecule has 1 atom stereocenters. The summed E-state index contributed by atoms with van der Waals surface area (Å²) in [5, 5.41) is 11.0. The summed E-state index contributed by atoms with van der Waals surface area (Å²) in [5.41, 5.74) is 2.61. The maximum atomic E-state index is 14.7. The van der Waals surface area contributed by atoms with Gasteiger partial charge in [0.05, 0.1) is 25.0 Å². The van der Waals surface area contributed by atoms with Crippen LogP contribution in [0.2, 0.25) is 0 Å². The number of nitrogens with one attached hydrogen (secondary N) is 2. The van der Waals surface area contributed by atoms with E-state index in [2.05, 4.69) is 25.7 Å². The van der Waals surface area contributed by atoms with Gasteiger partial charge in [-0.3, -0.25) is 9.48 Å². The Balaban J connectivity index is 1.38. The molecule has 33 heavy (non-hydrogen) atoms. The fourth-order valence-corrected chi connectivity index (χ4v) is 3.97. The molecule has 174 valence electrons. The fraction of sp³-hybridized carbons (Fsp3) is 0.417. The molecule has 1 fully saturated rings. The molecule has 0 aliphatic carbocycles. The van der Waals surface area contributed by atoms with Gasteiger partial charge in [-0.15, -0.1) is 0 Å². The molecule has 3 aromatic rings. The first kappa shape index (κ1) is 22.8. The summed E-state index contributed by atoms with van der Waals surface area (Å²) in [5.74, 6) is 0.0824. The highest BCUT2D eigenvalue weighted by atomic mass is 19.1.